The molecule has 0 fully saturated rings. The molecule has 0 saturated carbocycles. The van der Waals surface area contributed by atoms with Gasteiger partial charge in [0.15, 0.2) is 6.10 Å². The molecular formula is C47H81O8P. The first-order chi connectivity index (χ1) is 27.3. The van der Waals surface area contributed by atoms with E-state index in [1.807, 2.05) is 6.08 Å². The number of hydrogen-bond acceptors (Lipinski definition) is 6. The predicted octanol–water partition coefficient (Wildman–Crippen LogP) is 13.9. The Hall–Kier alpha value is -2.51. The molecule has 0 aliphatic carbocycles. The van der Waals surface area contributed by atoms with Gasteiger partial charge in [0.25, 0.3) is 0 Å². The summed E-state index contributed by atoms with van der Waals surface area (Å²) in [6.45, 7) is 3.52. The predicted molar refractivity (Wildman–Crippen MR) is 234 cm³/mol. The number of phosphoric acid groups is 1. The standard InChI is InChI=1S/C47H81O8P/c1-3-5-7-9-11-13-15-17-19-21-22-23-24-26-28-30-32-34-36-38-40-42-47(49)55-45(44-54-56(50,51)52)43-53-46(48)41-39-37-35-33-31-29-27-25-20-18-16-14-12-10-8-6-4-2/h6,8,12,14,17-20,27,29,33,35,45H,3-5,7,9-11,13,15-16,21-26,28,30-32,34,36-44H2,1-2H3,(H2,50,51,52)/b8-6-,14-12-,19-17-,20-18-,29-27-,35-33-/t45-/m1/s1. The monoisotopic (exact) mass is 805 g/mol. The molecule has 0 unspecified atom stereocenters. The molecule has 0 heterocycles. The van der Waals surface area contributed by atoms with Crippen LogP contribution in [0.25, 0.3) is 0 Å². The number of carbonyl (C=O) groups excluding carboxylic acids is 2. The average molecular weight is 805 g/mol. The number of allylic oxidation sites excluding steroid dienone is 12. The van der Waals surface area contributed by atoms with E-state index in [1.54, 1.807) is 0 Å². The van der Waals surface area contributed by atoms with Gasteiger partial charge in [-0.1, -0.05) is 177 Å². The number of phosphoric ester groups is 1. The first kappa shape index (κ1) is 53.5. The van der Waals surface area contributed by atoms with E-state index in [-0.39, 0.29) is 19.4 Å². The van der Waals surface area contributed by atoms with Crippen LogP contribution in [0.3, 0.4) is 0 Å². The Balaban J connectivity index is 3.96. The van der Waals surface area contributed by atoms with Crippen molar-refractivity contribution in [2.75, 3.05) is 13.2 Å². The minimum atomic E-state index is -4.77. The molecule has 0 aromatic rings. The zero-order valence-electron chi connectivity index (χ0n) is 35.5. The molecule has 0 radical (unpaired) electrons. The molecule has 56 heavy (non-hydrogen) atoms. The highest BCUT2D eigenvalue weighted by atomic mass is 31.2. The van der Waals surface area contributed by atoms with Crippen molar-refractivity contribution in [2.45, 2.75) is 200 Å². The molecule has 0 rings (SSSR count). The van der Waals surface area contributed by atoms with Crippen LogP contribution in [-0.4, -0.2) is 41.0 Å². The number of esters is 2. The molecule has 1 atom stereocenters. The molecule has 322 valence electrons. The van der Waals surface area contributed by atoms with E-state index in [4.69, 9.17) is 19.3 Å². The summed E-state index contributed by atoms with van der Waals surface area (Å²) in [5.41, 5.74) is 0. The second-order valence-electron chi connectivity index (χ2n) is 14.6. The molecule has 0 aliphatic rings. The van der Waals surface area contributed by atoms with E-state index in [2.05, 4.69) is 85.2 Å². The second-order valence-corrected chi connectivity index (χ2v) is 15.9. The Kier molecular flexibility index (Phi) is 40.2. The van der Waals surface area contributed by atoms with E-state index in [0.29, 0.717) is 12.8 Å². The minimum Gasteiger partial charge on any atom is -0.462 e. The van der Waals surface area contributed by atoms with Crippen LogP contribution in [0.15, 0.2) is 72.9 Å². The first-order valence-electron chi connectivity index (χ1n) is 22.2. The van der Waals surface area contributed by atoms with Crippen molar-refractivity contribution in [3.63, 3.8) is 0 Å². The Morgan fingerprint density at radius 3 is 1.36 bits per heavy atom. The smallest absolute Gasteiger partial charge is 0.462 e. The lowest BCUT2D eigenvalue weighted by Crippen LogP contribution is -2.29. The van der Waals surface area contributed by atoms with E-state index in [1.165, 1.54) is 96.3 Å². The summed E-state index contributed by atoms with van der Waals surface area (Å²) in [6.07, 6.45) is 54.9. The van der Waals surface area contributed by atoms with Gasteiger partial charge < -0.3 is 19.3 Å². The highest BCUT2D eigenvalue weighted by Gasteiger charge is 2.22. The number of rotatable bonds is 40. The van der Waals surface area contributed by atoms with Crippen LogP contribution in [0, 0.1) is 0 Å². The summed E-state index contributed by atoms with van der Waals surface area (Å²) in [7, 11) is -4.77. The van der Waals surface area contributed by atoms with Crippen molar-refractivity contribution >= 4 is 19.8 Å². The largest absolute Gasteiger partial charge is 0.469 e. The summed E-state index contributed by atoms with van der Waals surface area (Å²) in [5.74, 6) is -0.955. The van der Waals surface area contributed by atoms with Crippen molar-refractivity contribution in [2.24, 2.45) is 0 Å². The fourth-order valence-electron chi connectivity index (χ4n) is 5.93. The van der Waals surface area contributed by atoms with Gasteiger partial charge in [-0.05, 0) is 77.0 Å². The minimum absolute atomic E-state index is 0.186. The van der Waals surface area contributed by atoms with Crippen LogP contribution in [0.2, 0.25) is 0 Å². The number of hydrogen-bond donors (Lipinski definition) is 2. The molecule has 8 nitrogen and oxygen atoms in total. The van der Waals surface area contributed by atoms with E-state index >= 15 is 0 Å². The van der Waals surface area contributed by atoms with Gasteiger partial charge in [-0.15, -0.1) is 0 Å². The quantitative estimate of drug-likeness (QED) is 0.0272. The van der Waals surface area contributed by atoms with Gasteiger partial charge in [0.2, 0.25) is 0 Å². The van der Waals surface area contributed by atoms with Gasteiger partial charge >= 0.3 is 19.8 Å². The van der Waals surface area contributed by atoms with Crippen LogP contribution in [0.5, 0.6) is 0 Å². The molecule has 2 N–H and O–H groups in total. The molecule has 0 aliphatic heterocycles. The van der Waals surface area contributed by atoms with Crippen LogP contribution in [0.4, 0.5) is 0 Å². The molecule has 0 saturated heterocycles. The van der Waals surface area contributed by atoms with Crippen molar-refractivity contribution in [3.8, 4) is 0 Å². The zero-order chi connectivity index (χ0) is 41.1. The van der Waals surface area contributed by atoms with Crippen LogP contribution >= 0.6 is 7.82 Å². The summed E-state index contributed by atoms with van der Waals surface area (Å²) < 4.78 is 26.4. The van der Waals surface area contributed by atoms with Crippen molar-refractivity contribution in [1.82, 2.24) is 0 Å². The lowest BCUT2D eigenvalue weighted by atomic mass is 10.0. The maximum atomic E-state index is 12.4. The van der Waals surface area contributed by atoms with Gasteiger partial charge in [0.05, 0.1) is 6.61 Å². The maximum Gasteiger partial charge on any atom is 0.469 e. The van der Waals surface area contributed by atoms with Gasteiger partial charge in [0.1, 0.15) is 6.61 Å². The molecule has 0 spiro atoms. The highest BCUT2D eigenvalue weighted by molar-refractivity contribution is 7.46. The summed E-state index contributed by atoms with van der Waals surface area (Å²) in [6, 6.07) is 0. The third-order valence-electron chi connectivity index (χ3n) is 9.21. The SMILES string of the molecule is CC/C=C\C/C=C\C/C=C\C/C=C\C/C=C\CCCC(=O)OC[C@H](COP(=O)(O)O)OC(=O)CCCCCCCCCCCCC/C=C\CCCCCCCC. The van der Waals surface area contributed by atoms with Gasteiger partial charge in [0, 0.05) is 12.8 Å². The Bertz CT molecular complexity index is 1130. The van der Waals surface area contributed by atoms with E-state index < -0.39 is 32.5 Å². The fourth-order valence-corrected chi connectivity index (χ4v) is 6.29. The molecule has 0 aromatic heterocycles. The normalized spacial score (nSPS) is 13.1. The first-order valence-corrected chi connectivity index (χ1v) is 23.8. The topological polar surface area (TPSA) is 119 Å². The van der Waals surface area contributed by atoms with E-state index in [0.717, 1.165) is 57.8 Å². The fraction of sp³-hybridized carbons (Fsp3) is 0.702. The summed E-state index contributed by atoms with van der Waals surface area (Å²) >= 11 is 0. The molecular weight excluding hydrogens is 723 g/mol. The van der Waals surface area contributed by atoms with Crippen molar-refractivity contribution < 1.29 is 37.9 Å². The molecule has 9 heteroatoms. The molecule has 0 amide bonds. The highest BCUT2D eigenvalue weighted by Crippen LogP contribution is 2.36. The summed E-state index contributed by atoms with van der Waals surface area (Å²) in [4.78, 5) is 42.9. The molecule has 0 aromatic carbocycles. The van der Waals surface area contributed by atoms with Crippen molar-refractivity contribution in [3.05, 3.63) is 72.9 Å². The number of ether oxygens (including phenoxy) is 2. The third-order valence-corrected chi connectivity index (χ3v) is 9.69. The van der Waals surface area contributed by atoms with Gasteiger partial charge in [-0.3, -0.25) is 14.1 Å². The molecule has 0 bridgehead atoms. The number of unbranched alkanes of at least 4 members (excludes halogenated alkanes) is 18. The lowest BCUT2D eigenvalue weighted by molar-refractivity contribution is -0.161. The Labute approximate surface area is 342 Å². The maximum absolute atomic E-state index is 12.4. The summed E-state index contributed by atoms with van der Waals surface area (Å²) in [5, 5.41) is 0. The van der Waals surface area contributed by atoms with Crippen LogP contribution < -0.4 is 0 Å². The Morgan fingerprint density at radius 1 is 0.482 bits per heavy atom. The Morgan fingerprint density at radius 2 is 0.875 bits per heavy atom. The number of carbonyl (C=O) groups is 2. The van der Waals surface area contributed by atoms with Crippen LogP contribution in [-0.2, 0) is 28.2 Å². The van der Waals surface area contributed by atoms with E-state index in [9.17, 15) is 14.2 Å². The van der Waals surface area contributed by atoms with Crippen molar-refractivity contribution in [1.29, 1.82) is 0 Å². The third kappa shape index (κ3) is 44.2. The second kappa shape index (κ2) is 42.1. The lowest BCUT2D eigenvalue weighted by Gasteiger charge is -2.18. The zero-order valence-corrected chi connectivity index (χ0v) is 36.4. The van der Waals surface area contributed by atoms with Gasteiger partial charge in [-0.25, -0.2) is 4.57 Å². The average Bonchev–Trinajstić information content (AvgIpc) is 3.17. The van der Waals surface area contributed by atoms with Crippen LogP contribution in [0.1, 0.15) is 194 Å². The van der Waals surface area contributed by atoms with Gasteiger partial charge in [-0.2, -0.15) is 0 Å².